The quantitative estimate of drug-likeness (QED) is 0.831. The van der Waals surface area contributed by atoms with Gasteiger partial charge in [0.1, 0.15) is 11.5 Å². The van der Waals surface area contributed by atoms with Gasteiger partial charge in [-0.3, -0.25) is 9.69 Å². The van der Waals surface area contributed by atoms with Gasteiger partial charge in [0.15, 0.2) is 0 Å². The Morgan fingerprint density at radius 3 is 2.74 bits per heavy atom. The molecule has 0 radical (unpaired) electrons. The summed E-state index contributed by atoms with van der Waals surface area (Å²) in [5.74, 6) is 3.53. The van der Waals surface area contributed by atoms with Crippen molar-refractivity contribution in [2.45, 2.75) is 32.1 Å². The Labute approximate surface area is 139 Å². The van der Waals surface area contributed by atoms with Crippen molar-refractivity contribution in [1.29, 1.82) is 0 Å². The second-order valence-electron chi connectivity index (χ2n) is 7.12. The van der Waals surface area contributed by atoms with E-state index in [1.54, 1.807) is 0 Å². The lowest BCUT2D eigenvalue weighted by Gasteiger charge is -2.32. The molecule has 23 heavy (non-hydrogen) atoms. The van der Waals surface area contributed by atoms with Crippen LogP contribution in [0.25, 0.3) is 0 Å². The lowest BCUT2D eigenvalue weighted by Crippen LogP contribution is -2.46. The molecule has 1 amide bonds. The van der Waals surface area contributed by atoms with Gasteiger partial charge in [-0.25, -0.2) is 0 Å². The van der Waals surface area contributed by atoms with Crippen molar-refractivity contribution in [1.82, 2.24) is 15.1 Å². The third-order valence-electron chi connectivity index (χ3n) is 5.10. The van der Waals surface area contributed by atoms with Crippen LogP contribution in [0.3, 0.4) is 0 Å². The van der Waals surface area contributed by atoms with Gasteiger partial charge in [-0.2, -0.15) is 0 Å². The first-order valence-corrected chi connectivity index (χ1v) is 8.88. The highest BCUT2D eigenvalue weighted by atomic mass is 16.3. The smallest absolute Gasteiger partial charge is 0.220 e. The predicted octanol–water partition coefficient (Wildman–Crippen LogP) is 1.70. The van der Waals surface area contributed by atoms with Crippen LogP contribution in [0.5, 0.6) is 0 Å². The number of amides is 1. The van der Waals surface area contributed by atoms with Gasteiger partial charge < -0.3 is 14.6 Å². The van der Waals surface area contributed by atoms with Crippen molar-refractivity contribution < 1.29 is 9.21 Å². The van der Waals surface area contributed by atoms with Gasteiger partial charge >= 0.3 is 0 Å². The highest BCUT2D eigenvalue weighted by Crippen LogP contribution is 2.47. The highest BCUT2D eigenvalue weighted by Gasteiger charge is 2.36. The van der Waals surface area contributed by atoms with Gasteiger partial charge in [0, 0.05) is 58.0 Å². The van der Waals surface area contributed by atoms with Crippen molar-refractivity contribution in [2.75, 3.05) is 46.3 Å². The minimum Gasteiger partial charge on any atom is -0.466 e. The minimum atomic E-state index is 0.122. The van der Waals surface area contributed by atoms with E-state index in [9.17, 15) is 4.79 Å². The van der Waals surface area contributed by atoms with Gasteiger partial charge in [0.2, 0.25) is 5.91 Å². The van der Waals surface area contributed by atoms with Crippen LogP contribution < -0.4 is 5.32 Å². The van der Waals surface area contributed by atoms with E-state index >= 15 is 0 Å². The first-order chi connectivity index (χ1) is 11.1. The molecule has 2 heterocycles. The monoisotopic (exact) mass is 319 g/mol. The third-order valence-corrected chi connectivity index (χ3v) is 5.10. The Morgan fingerprint density at radius 1 is 1.30 bits per heavy atom. The SMILES string of the molecule is CC1CC1c1ccc(CCC(=O)NCCN2CCN(C)CC2)o1. The lowest BCUT2D eigenvalue weighted by molar-refractivity contribution is -0.121. The molecule has 5 heteroatoms. The summed E-state index contributed by atoms with van der Waals surface area (Å²) in [5.41, 5.74) is 0. The number of carbonyl (C=O) groups excluding carboxylic acids is 1. The summed E-state index contributed by atoms with van der Waals surface area (Å²) >= 11 is 0. The van der Waals surface area contributed by atoms with Crippen LogP contribution in [0.15, 0.2) is 16.5 Å². The van der Waals surface area contributed by atoms with Crippen molar-refractivity contribution in [3.63, 3.8) is 0 Å². The lowest BCUT2D eigenvalue weighted by atomic mass is 10.2. The maximum atomic E-state index is 11.9. The van der Waals surface area contributed by atoms with E-state index in [0.29, 0.717) is 18.8 Å². The molecule has 1 saturated carbocycles. The van der Waals surface area contributed by atoms with Crippen LogP contribution in [0.1, 0.15) is 37.2 Å². The summed E-state index contributed by atoms with van der Waals surface area (Å²) in [6, 6.07) is 4.10. The summed E-state index contributed by atoms with van der Waals surface area (Å²) in [4.78, 5) is 16.7. The van der Waals surface area contributed by atoms with Crippen molar-refractivity contribution in [2.24, 2.45) is 5.92 Å². The molecule has 2 fully saturated rings. The summed E-state index contributed by atoms with van der Waals surface area (Å²) in [7, 11) is 2.16. The zero-order valence-electron chi connectivity index (χ0n) is 14.4. The topological polar surface area (TPSA) is 48.7 Å². The molecule has 1 aromatic rings. The van der Waals surface area contributed by atoms with Gasteiger partial charge in [-0.1, -0.05) is 6.92 Å². The Kier molecular flexibility index (Phi) is 5.38. The number of likely N-dealkylation sites (N-methyl/N-ethyl adjacent to an activating group) is 1. The van der Waals surface area contributed by atoms with E-state index in [4.69, 9.17) is 4.42 Å². The van der Waals surface area contributed by atoms with Crippen LogP contribution in [0.4, 0.5) is 0 Å². The Hall–Kier alpha value is -1.33. The van der Waals surface area contributed by atoms with Crippen LogP contribution in [-0.2, 0) is 11.2 Å². The highest BCUT2D eigenvalue weighted by molar-refractivity contribution is 5.76. The average Bonchev–Trinajstić information content (AvgIpc) is 3.09. The van der Waals surface area contributed by atoms with Crippen LogP contribution in [-0.4, -0.2) is 62.0 Å². The number of nitrogens with one attached hydrogen (secondary N) is 1. The number of aryl methyl sites for hydroxylation is 1. The van der Waals surface area contributed by atoms with Gasteiger partial charge in [0.25, 0.3) is 0 Å². The summed E-state index contributed by atoms with van der Waals surface area (Å²) in [6.07, 6.45) is 2.44. The Bertz CT molecular complexity index is 520. The second-order valence-corrected chi connectivity index (χ2v) is 7.12. The molecule has 0 aromatic carbocycles. The molecule has 2 atom stereocenters. The van der Waals surface area contributed by atoms with Gasteiger partial charge in [0.05, 0.1) is 0 Å². The van der Waals surface area contributed by atoms with Crippen molar-refractivity contribution in [3.05, 3.63) is 23.7 Å². The Balaban J connectivity index is 1.30. The molecule has 2 unspecified atom stereocenters. The molecule has 1 aromatic heterocycles. The average molecular weight is 319 g/mol. The number of carbonyl (C=O) groups is 1. The fourth-order valence-corrected chi connectivity index (χ4v) is 3.20. The Morgan fingerprint density at radius 2 is 2.04 bits per heavy atom. The van der Waals surface area contributed by atoms with E-state index in [2.05, 4.69) is 35.2 Å². The summed E-state index contributed by atoms with van der Waals surface area (Å²) in [5, 5.41) is 3.02. The molecule has 5 nitrogen and oxygen atoms in total. The van der Waals surface area contributed by atoms with Gasteiger partial charge in [-0.05, 0) is 31.5 Å². The molecule has 1 N–H and O–H groups in total. The fraction of sp³-hybridized carbons (Fsp3) is 0.722. The number of hydrogen-bond donors (Lipinski definition) is 1. The van der Waals surface area contributed by atoms with Crippen LogP contribution in [0.2, 0.25) is 0 Å². The minimum absolute atomic E-state index is 0.122. The molecule has 2 aliphatic rings. The number of piperazine rings is 1. The van der Waals surface area contributed by atoms with E-state index < -0.39 is 0 Å². The van der Waals surface area contributed by atoms with Crippen LogP contribution in [0, 0.1) is 5.92 Å². The first-order valence-electron chi connectivity index (χ1n) is 8.88. The molecule has 1 saturated heterocycles. The second kappa shape index (κ2) is 7.49. The van der Waals surface area contributed by atoms with Crippen molar-refractivity contribution in [3.8, 4) is 0 Å². The first kappa shape index (κ1) is 16.5. The van der Waals surface area contributed by atoms with E-state index in [0.717, 1.165) is 56.7 Å². The van der Waals surface area contributed by atoms with Crippen molar-refractivity contribution >= 4 is 5.91 Å². The molecule has 0 spiro atoms. The zero-order valence-corrected chi connectivity index (χ0v) is 14.4. The molecule has 1 aliphatic carbocycles. The maximum Gasteiger partial charge on any atom is 0.220 e. The van der Waals surface area contributed by atoms with E-state index in [1.165, 1.54) is 6.42 Å². The molecule has 1 aliphatic heterocycles. The molecule has 3 rings (SSSR count). The van der Waals surface area contributed by atoms with Crippen LogP contribution >= 0.6 is 0 Å². The largest absolute Gasteiger partial charge is 0.466 e. The summed E-state index contributed by atoms with van der Waals surface area (Å²) < 4.78 is 5.85. The molecule has 0 bridgehead atoms. The fourth-order valence-electron chi connectivity index (χ4n) is 3.20. The van der Waals surface area contributed by atoms with Gasteiger partial charge in [-0.15, -0.1) is 0 Å². The van der Waals surface area contributed by atoms with E-state index in [1.807, 2.05) is 6.07 Å². The number of furan rings is 1. The van der Waals surface area contributed by atoms with E-state index in [-0.39, 0.29) is 5.91 Å². The number of hydrogen-bond acceptors (Lipinski definition) is 4. The molecule has 128 valence electrons. The number of rotatable bonds is 7. The summed E-state index contributed by atoms with van der Waals surface area (Å²) in [6.45, 7) is 8.38. The normalized spacial score (nSPS) is 25.5. The zero-order chi connectivity index (χ0) is 16.2. The predicted molar refractivity (Wildman–Crippen MR) is 90.5 cm³/mol. The third kappa shape index (κ3) is 4.82. The maximum absolute atomic E-state index is 11.9. The molecular formula is C18H29N3O2. The molecular weight excluding hydrogens is 290 g/mol. The number of nitrogens with zero attached hydrogens (tertiary/aromatic N) is 2. The standard InChI is InChI=1S/C18H29N3O2/c1-14-13-16(14)17-5-3-15(23-17)4-6-18(22)19-7-8-21-11-9-20(2)10-12-21/h3,5,14,16H,4,6-13H2,1-2H3,(H,19,22).